The Kier molecular flexibility index (Phi) is 4.98. The van der Waals surface area contributed by atoms with Crippen molar-refractivity contribution in [1.29, 1.82) is 0 Å². The van der Waals surface area contributed by atoms with E-state index >= 15 is 0 Å². The molecule has 132 valence electrons. The number of nitrogens with zero attached hydrogens (tertiary/aromatic N) is 1. The van der Waals surface area contributed by atoms with Crippen molar-refractivity contribution in [2.24, 2.45) is 5.92 Å². The average molecular weight is 337 g/mol. The largest absolute Gasteiger partial charge is 0.397 e. The number of piperidine rings is 1. The zero-order chi connectivity index (χ0) is 18.0. The van der Waals surface area contributed by atoms with Gasteiger partial charge in [-0.25, -0.2) is 0 Å². The Balaban J connectivity index is 1.88. The molecule has 0 unspecified atom stereocenters. The first-order chi connectivity index (χ1) is 12.0. The zero-order valence-electron chi connectivity index (χ0n) is 15.3. The van der Waals surface area contributed by atoms with E-state index < -0.39 is 0 Å². The monoisotopic (exact) mass is 337 g/mol. The van der Waals surface area contributed by atoms with Crippen molar-refractivity contribution in [2.45, 2.75) is 33.6 Å². The van der Waals surface area contributed by atoms with Gasteiger partial charge in [-0.05, 0) is 61.9 Å². The number of aryl methyl sites for hydroxylation is 2. The van der Waals surface area contributed by atoms with Crippen molar-refractivity contribution in [3.8, 4) is 0 Å². The van der Waals surface area contributed by atoms with Gasteiger partial charge in [0, 0.05) is 24.3 Å². The zero-order valence-corrected chi connectivity index (χ0v) is 15.3. The second-order valence-electron chi connectivity index (χ2n) is 7.19. The number of nitrogens with one attached hydrogen (secondary N) is 1. The maximum atomic E-state index is 12.6. The van der Waals surface area contributed by atoms with Crippen LogP contribution in [0.1, 0.15) is 41.3 Å². The van der Waals surface area contributed by atoms with Gasteiger partial charge in [-0.15, -0.1) is 0 Å². The van der Waals surface area contributed by atoms with Crippen LogP contribution in [0.2, 0.25) is 0 Å². The number of hydrogen-bond donors (Lipinski definition) is 2. The molecule has 1 saturated heterocycles. The third kappa shape index (κ3) is 3.78. The molecule has 1 atom stereocenters. The first kappa shape index (κ1) is 17.3. The summed E-state index contributed by atoms with van der Waals surface area (Å²) >= 11 is 0. The van der Waals surface area contributed by atoms with Crippen molar-refractivity contribution < 1.29 is 4.79 Å². The third-order valence-electron chi connectivity index (χ3n) is 5.00. The van der Waals surface area contributed by atoms with Gasteiger partial charge in [0.05, 0.1) is 11.4 Å². The van der Waals surface area contributed by atoms with Crippen LogP contribution in [0.5, 0.6) is 0 Å². The molecule has 4 heteroatoms. The molecule has 3 rings (SSSR count). The van der Waals surface area contributed by atoms with Gasteiger partial charge < -0.3 is 16.0 Å². The molecule has 1 amide bonds. The van der Waals surface area contributed by atoms with E-state index in [1.54, 1.807) is 0 Å². The lowest BCUT2D eigenvalue weighted by Gasteiger charge is -2.34. The Morgan fingerprint density at radius 3 is 2.68 bits per heavy atom. The number of carbonyl (C=O) groups excluding carboxylic acids is 1. The summed E-state index contributed by atoms with van der Waals surface area (Å²) in [5.74, 6) is 0.572. The molecule has 0 aromatic heterocycles. The van der Waals surface area contributed by atoms with Crippen molar-refractivity contribution in [3.63, 3.8) is 0 Å². The Morgan fingerprint density at radius 1 is 1.20 bits per heavy atom. The molecular weight excluding hydrogens is 310 g/mol. The summed E-state index contributed by atoms with van der Waals surface area (Å²) in [5, 5.41) is 2.99. The molecule has 0 spiro atoms. The Bertz CT molecular complexity index is 785. The van der Waals surface area contributed by atoms with Crippen LogP contribution in [0, 0.1) is 19.8 Å². The smallest absolute Gasteiger partial charge is 0.255 e. The van der Waals surface area contributed by atoms with Crippen LogP contribution in [0.3, 0.4) is 0 Å². The lowest BCUT2D eigenvalue weighted by Crippen LogP contribution is -2.34. The summed E-state index contributed by atoms with van der Waals surface area (Å²) in [5.41, 5.74) is 11.4. The van der Waals surface area contributed by atoms with Gasteiger partial charge in [-0.1, -0.05) is 25.1 Å². The van der Waals surface area contributed by atoms with Gasteiger partial charge in [-0.2, -0.15) is 0 Å². The third-order valence-corrected chi connectivity index (χ3v) is 5.00. The van der Waals surface area contributed by atoms with E-state index in [4.69, 9.17) is 5.73 Å². The highest BCUT2D eigenvalue weighted by atomic mass is 16.1. The van der Waals surface area contributed by atoms with Crippen LogP contribution in [0.4, 0.5) is 17.1 Å². The summed E-state index contributed by atoms with van der Waals surface area (Å²) < 4.78 is 0. The second-order valence-corrected chi connectivity index (χ2v) is 7.19. The van der Waals surface area contributed by atoms with Gasteiger partial charge in [0.2, 0.25) is 0 Å². The Hall–Kier alpha value is -2.49. The summed E-state index contributed by atoms with van der Waals surface area (Å²) in [6.45, 7) is 8.42. The number of benzene rings is 2. The van der Waals surface area contributed by atoms with E-state index in [0.717, 1.165) is 24.2 Å². The van der Waals surface area contributed by atoms with E-state index in [2.05, 4.69) is 24.1 Å². The number of rotatable bonds is 3. The van der Waals surface area contributed by atoms with Crippen LogP contribution in [-0.2, 0) is 0 Å². The fraction of sp³-hybridized carbons (Fsp3) is 0.381. The van der Waals surface area contributed by atoms with Crippen molar-refractivity contribution in [3.05, 3.63) is 53.1 Å². The number of anilines is 3. The minimum Gasteiger partial charge on any atom is -0.397 e. The molecule has 1 aliphatic heterocycles. The van der Waals surface area contributed by atoms with E-state index in [0.29, 0.717) is 22.9 Å². The molecule has 3 N–H and O–H groups in total. The van der Waals surface area contributed by atoms with E-state index in [1.165, 1.54) is 18.5 Å². The Labute approximate surface area is 150 Å². The molecule has 1 fully saturated rings. The minimum absolute atomic E-state index is 0.119. The van der Waals surface area contributed by atoms with Gasteiger partial charge in [-0.3, -0.25) is 4.79 Å². The van der Waals surface area contributed by atoms with Crippen LogP contribution < -0.4 is 16.0 Å². The number of nitrogens with two attached hydrogens (primary N) is 1. The molecule has 0 saturated carbocycles. The van der Waals surface area contributed by atoms with Crippen molar-refractivity contribution in [2.75, 3.05) is 29.0 Å². The van der Waals surface area contributed by atoms with Gasteiger partial charge in [0.15, 0.2) is 0 Å². The predicted octanol–water partition coefficient (Wildman–Crippen LogP) is 4.37. The molecule has 0 radical (unpaired) electrons. The van der Waals surface area contributed by atoms with Gasteiger partial charge in [0.25, 0.3) is 5.91 Å². The Morgan fingerprint density at radius 2 is 1.96 bits per heavy atom. The topological polar surface area (TPSA) is 58.4 Å². The predicted molar refractivity (Wildman–Crippen MR) is 105 cm³/mol. The first-order valence-corrected chi connectivity index (χ1v) is 8.97. The highest BCUT2D eigenvalue weighted by Crippen LogP contribution is 2.32. The highest BCUT2D eigenvalue weighted by Gasteiger charge is 2.20. The number of carbonyl (C=O) groups is 1. The van der Waals surface area contributed by atoms with E-state index in [-0.39, 0.29) is 5.91 Å². The molecular formula is C21H27N3O. The highest BCUT2D eigenvalue weighted by molar-refractivity contribution is 6.07. The van der Waals surface area contributed by atoms with Crippen LogP contribution in [0.25, 0.3) is 0 Å². The molecule has 2 aromatic carbocycles. The van der Waals surface area contributed by atoms with Crippen LogP contribution >= 0.6 is 0 Å². The van der Waals surface area contributed by atoms with Gasteiger partial charge in [0.1, 0.15) is 0 Å². The number of amides is 1. The van der Waals surface area contributed by atoms with E-state index in [1.807, 2.05) is 43.3 Å². The maximum Gasteiger partial charge on any atom is 0.255 e. The first-order valence-electron chi connectivity index (χ1n) is 8.97. The number of nitrogen functional groups attached to an aromatic ring is 1. The van der Waals surface area contributed by atoms with Crippen LogP contribution in [0.15, 0.2) is 36.4 Å². The quantitative estimate of drug-likeness (QED) is 0.818. The second kappa shape index (κ2) is 7.18. The van der Waals surface area contributed by atoms with E-state index in [9.17, 15) is 4.79 Å². The molecule has 1 aliphatic rings. The molecule has 25 heavy (non-hydrogen) atoms. The fourth-order valence-corrected chi connectivity index (χ4v) is 3.59. The standard InChI is InChI=1S/C21H27N3O/c1-14-7-6-10-24(13-14)20-12-19(18(22)11-16(20)3)23-21(25)17-9-5-4-8-15(17)2/h4-5,8-9,11-12,14H,6-7,10,13,22H2,1-3H3,(H,23,25)/t14-/m1/s1. The molecule has 0 bridgehead atoms. The molecule has 0 aliphatic carbocycles. The summed E-state index contributed by atoms with van der Waals surface area (Å²) in [7, 11) is 0. The molecule has 2 aromatic rings. The molecule has 4 nitrogen and oxygen atoms in total. The summed E-state index contributed by atoms with van der Waals surface area (Å²) in [4.78, 5) is 15.0. The normalized spacial score (nSPS) is 17.4. The lowest BCUT2D eigenvalue weighted by molar-refractivity contribution is 0.102. The van der Waals surface area contributed by atoms with Crippen molar-refractivity contribution in [1.82, 2.24) is 0 Å². The summed E-state index contributed by atoms with van der Waals surface area (Å²) in [6, 6.07) is 11.6. The SMILES string of the molecule is Cc1ccccc1C(=O)Nc1cc(N2CCC[C@@H](C)C2)c(C)cc1N. The summed E-state index contributed by atoms with van der Waals surface area (Å²) in [6.07, 6.45) is 2.48. The van der Waals surface area contributed by atoms with Crippen molar-refractivity contribution >= 4 is 23.0 Å². The number of hydrogen-bond acceptors (Lipinski definition) is 3. The minimum atomic E-state index is -0.119. The van der Waals surface area contributed by atoms with Crippen LogP contribution in [-0.4, -0.2) is 19.0 Å². The molecule has 1 heterocycles. The average Bonchev–Trinajstić information content (AvgIpc) is 2.57. The lowest BCUT2D eigenvalue weighted by atomic mass is 9.98. The fourth-order valence-electron chi connectivity index (χ4n) is 3.59. The van der Waals surface area contributed by atoms with Gasteiger partial charge >= 0.3 is 0 Å². The maximum absolute atomic E-state index is 12.6.